The van der Waals surface area contributed by atoms with Crippen LogP contribution >= 0.6 is 0 Å². The van der Waals surface area contributed by atoms with Crippen LogP contribution in [0.2, 0.25) is 0 Å². The molecule has 2 N–H and O–H groups in total. The molecule has 1 aliphatic rings. The number of nitrogens with zero attached hydrogens (tertiary/aromatic N) is 1. The van der Waals surface area contributed by atoms with Gasteiger partial charge < -0.3 is 10.6 Å². The highest BCUT2D eigenvalue weighted by atomic mass is 19.1. The highest BCUT2D eigenvalue weighted by molar-refractivity contribution is 5.78. The quantitative estimate of drug-likeness (QED) is 0.920. The second-order valence-electron chi connectivity index (χ2n) is 5.77. The molecule has 0 spiro atoms. The first-order valence-corrected chi connectivity index (χ1v) is 7.29. The van der Waals surface area contributed by atoms with Crippen molar-refractivity contribution in [2.24, 2.45) is 17.6 Å². The third kappa shape index (κ3) is 3.79. The Balaban J connectivity index is 1.87. The molecule has 4 heteroatoms. The number of rotatable bonds is 4. The first-order chi connectivity index (χ1) is 9.60. The van der Waals surface area contributed by atoms with E-state index in [1.54, 1.807) is 17.0 Å². The molecule has 1 fully saturated rings. The van der Waals surface area contributed by atoms with Gasteiger partial charge in [0, 0.05) is 19.5 Å². The predicted octanol–water partition coefficient (Wildman–Crippen LogP) is 2.55. The maximum atomic E-state index is 12.9. The SMILES string of the molecule is CN(Cc1ccc(F)cc1)C(=O)C1CCC(CN)CC1. The average molecular weight is 278 g/mol. The van der Waals surface area contributed by atoms with E-state index in [9.17, 15) is 9.18 Å². The summed E-state index contributed by atoms with van der Waals surface area (Å²) >= 11 is 0. The van der Waals surface area contributed by atoms with Crippen LogP contribution in [0.25, 0.3) is 0 Å². The number of nitrogens with two attached hydrogens (primary N) is 1. The Morgan fingerprint density at radius 1 is 1.25 bits per heavy atom. The number of hydrogen-bond acceptors (Lipinski definition) is 2. The van der Waals surface area contributed by atoms with Crippen molar-refractivity contribution in [3.63, 3.8) is 0 Å². The topological polar surface area (TPSA) is 46.3 Å². The molecule has 0 unspecified atom stereocenters. The van der Waals surface area contributed by atoms with Crippen molar-refractivity contribution < 1.29 is 9.18 Å². The summed E-state index contributed by atoms with van der Waals surface area (Å²) in [5.41, 5.74) is 6.63. The molecule has 3 nitrogen and oxygen atoms in total. The highest BCUT2D eigenvalue weighted by Crippen LogP contribution is 2.29. The van der Waals surface area contributed by atoms with E-state index in [1.165, 1.54) is 12.1 Å². The Morgan fingerprint density at radius 3 is 2.40 bits per heavy atom. The Bertz CT molecular complexity index is 438. The van der Waals surface area contributed by atoms with Crippen LogP contribution in [0, 0.1) is 17.7 Å². The minimum atomic E-state index is -0.247. The standard InChI is InChI=1S/C16H23FN2O/c1-19(11-13-4-8-15(17)9-5-13)16(20)14-6-2-12(10-18)3-7-14/h4-5,8-9,12,14H,2-3,6-7,10-11,18H2,1H3. The van der Waals surface area contributed by atoms with Gasteiger partial charge in [-0.05, 0) is 55.8 Å². The van der Waals surface area contributed by atoms with Gasteiger partial charge in [-0.25, -0.2) is 4.39 Å². The molecule has 1 aromatic rings. The lowest BCUT2D eigenvalue weighted by molar-refractivity contribution is -0.136. The summed E-state index contributed by atoms with van der Waals surface area (Å²) in [6, 6.07) is 6.31. The number of amides is 1. The van der Waals surface area contributed by atoms with Gasteiger partial charge in [-0.3, -0.25) is 4.79 Å². The summed E-state index contributed by atoms with van der Waals surface area (Å²) in [5, 5.41) is 0. The number of benzene rings is 1. The molecule has 0 aromatic heterocycles. The maximum Gasteiger partial charge on any atom is 0.225 e. The normalized spacial score (nSPS) is 22.6. The first-order valence-electron chi connectivity index (χ1n) is 7.29. The summed E-state index contributed by atoms with van der Waals surface area (Å²) in [5.74, 6) is 0.664. The molecule has 0 radical (unpaired) electrons. The van der Waals surface area contributed by atoms with Gasteiger partial charge in [0.05, 0.1) is 0 Å². The van der Waals surface area contributed by atoms with Crippen molar-refractivity contribution in [1.82, 2.24) is 4.90 Å². The summed E-state index contributed by atoms with van der Waals surface area (Å²) in [7, 11) is 1.82. The molecule has 1 aliphatic carbocycles. The van der Waals surface area contributed by atoms with Gasteiger partial charge in [0.2, 0.25) is 5.91 Å². The van der Waals surface area contributed by atoms with Crippen molar-refractivity contribution in [2.45, 2.75) is 32.2 Å². The fourth-order valence-corrected chi connectivity index (χ4v) is 2.90. The van der Waals surface area contributed by atoms with Gasteiger partial charge in [0.15, 0.2) is 0 Å². The van der Waals surface area contributed by atoms with Crippen LogP contribution in [0.3, 0.4) is 0 Å². The number of carbonyl (C=O) groups is 1. The third-order valence-electron chi connectivity index (χ3n) is 4.24. The zero-order valence-electron chi connectivity index (χ0n) is 12.0. The lowest BCUT2D eigenvalue weighted by atomic mass is 9.81. The second kappa shape index (κ2) is 6.84. The van der Waals surface area contributed by atoms with Gasteiger partial charge in [0.25, 0.3) is 0 Å². The molecule has 20 heavy (non-hydrogen) atoms. The Labute approximate surface area is 120 Å². The molecule has 1 aromatic carbocycles. The van der Waals surface area contributed by atoms with Crippen LogP contribution in [0.1, 0.15) is 31.2 Å². The third-order valence-corrected chi connectivity index (χ3v) is 4.24. The number of hydrogen-bond donors (Lipinski definition) is 1. The molecular formula is C16H23FN2O. The van der Waals surface area contributed by atoms with Crippen molar-refractivity contribution in [2.75, 3.05) is 13.6 Å². The van der Waals surface area contributed by atoms with E-state index in [0.717, 1.165) is 37.8 Å². The lowest BCUT2D eigenvalue weighted by Gasteiger charge is -2.30. The van der Waals surface area contributed by atoms with Gasteiger partial charge in [-0.1, -0.05) is 12.1 Å². The largest absolute Gasteiger partial charge is 0.341 e. The molecular weight excluding hydrogens is 255 g/mol. The van der Waals surface area contributed by atoms with E-state index in [0.29, 0.717) is 12.5 Å². The maximum absolute atomic E-state index is 12.9. The fraction of sp³-hybridized carbons (Fsp3) is 0.562. The zero-order valence-corrected chi connectivity index (χ0v) is 12.0. The molecule has 110 valence electrons. The molecule has 2 rings (SSSR count). The Hall–Kier alpha value is -1.42. The monoisotopic (exact) mass is 278 g/mol. The molecule has 0 saturated heterocycles. The molecule has 1 amide bonds. The Morgan fingerprint density at radius 2 is 1.85 bits per heavy atom. The van der Waals surface area contributed by atoms with E-state index in [4.69, 9.17) is 5.73 Å². The van der Waals surface area contributed by atoms with E-state index in [1.807, 2.05) is 7.05 Å². The summed E-state index contributed by atoms with van der Waals surface area (Å²) in [6.45, 7) is 1.27. The van der Waals surface area contributed by atoms with Crippen molar-refractivity contribution >= 4 is 5.91 Å². The minimum Gasteiger partial charge on any atom is -0.341 e. The van der Waals surface area contributed by atoms with E-state index in [-0.39, 0.29) is 17.6 Å². The lowest BCUT2D eigenvalue weighted by Crippen LogP contribution is -2.35. The van der Waals surface area contributed by atoms with Gasteiger partial charge in [-0.2, -0.15) is 0 Å². The van der Waals surface area contributed by atoms with E-state index < -0.39 is 0 Å². The smallest absolute Gasteiger partial charge is 0.225 e. The Kier molecular flexibility index (Phi) is 5.12. The first kappa shape index (κ1) is 15.0. The fourth-order valence-electron chi connectivity index (χ4n) is 2.90. The van der Waals surface area contributed by atoms with Crippen LogP contribution in [-0.4, -0.2) is 24.4 Å². The molecule has 0 heterocycles. The molecule has 0 bridgehead atoms. The van der Waals surface area contributed by atoms with Crippen LogP contribution in [0.4, 0.5) is 4.39 Å². The van der Waals surface area contributed by atoms with Crippen LogP contribution < -0.4 is 5.73 Å². The van der Waals surface area contributed by atoms with Crippen molar-refractivity contribution in [1.29, 1.82) is 0 Å². The van der Waals surface area contributed by atoms with Gasteiger partial charge in [0.1, 0.15) is 5.82 Å². The van der Waals surface area contributed by atoms with Crippen LogP contribution in [-0.2, 0) is 11.3 Å². The van der Waals surface area contributed by atoms with Gasteiger partial charge in [-0.15, -0.1) is 0 Å². The van der Waals surface area contributed by atoms with Crippen LogP contribution in [0.5, 0.6) is 0 Å². The number of halogens is 1. The zero-order chi connectivity index (χ0) is 14.5. The summed E-state index contributed by atoms with van der Waals surface area (Å²) in [6.07, 6.45) is 3.98. The molecule has 0 atom stereocenters. The van der Waals surface area contributed by atoms with Crippen molar-refractivity contribution in [3.8, 4) is 0 Å². The van der Waals surface area contributed by atoms with Gasteiger partial charge >= 0.3 is 0 Å². The van der Waals surface area contributed by atoms with E-state index >= 15 is 0 Å². The second-order valence-corrected chi connectivity index (χ2v) is 5.77. The average Bonchev–Trinajstić information content (AvgIpc) is 2.49. The van der Waals surface area contributed by atoms with Crippen LogP contribution in [0.15, 0.2) is 24.3 Å². The summed E-state index contributed by atoms with van der Waals surface area (Å²) < 4.78 is 12.9. The number of carbonyl (C=O) groups excluding carboxylic acids is 1. The van der Waals surface area contributed by atoms with E-state index in [2.05, 4.69) is 0 Å². The minimum absolute atomic E-state index is 0.128. The summed E-state index contributed by atoms with van der Waals surface area (Å²) in [4.78, 5) is 14.1. The van der Waals surface area contributed by atoms with Crippen molar-refractivity contribution in [3.05, 3.63) is 35.6 Å². The molecule has 0 aliphatic heterocycles. The molecule has 1 saturated carbocycles. The predicted molar refractivity (Wildman–Crippen MR) is 77.4 cm³/mol. The highest BCUT2D eigenvalue weighted by Gasteiger charge is 2.27.